The van der Waals surface area contributed by atoms with Crippen LogP contribution in [0.2, 0.25) is 5.02 Å². The van der Waals surface area contributed by atoms with Crippen molar-refractivity contribution in [3.05, 3.63) is 28.8 Å². The van der Waals surface area contributed by atoms with Crippen LogP contribution in [0.4, 0.5) is 9.18 Å². The lowest BCUT2D eigenvalue weighted by Gasteiger charge is -2.19. The van der Waals surface area contributed by atoms with Crippen LogP contribution in [-0.4, -0.2) is 31.5 Å². The third kappa shape index (κ3) is 5.57. The summed E-state index contributed by atoms with van der Waals surface area (Å²) in [5.41, 5.74) is 0.467. The number of amides is 1. The lowest BCUT2D eigenvalue weighted by Crippen LogP contribution is -2.33. The van der Waals surface area contributed by atoms with Gasteiger partial charge in [0, 0.05) is 11.6 Å². The van der Waals surface area contributed by atoms with E-state index < -0.39 is 18.4 Å². The van der Waals surface area contributed by atoms with Crippen LogP contribution in [0.15, 0.2) is 18.2 Å². The summed E-state index contributed by atoms with van der Waals surface area (Å²) in [6.45, 7) is 5.51. The summed E-state index contributed by atoms with van der Waals surface area (Å²) >= 11 is 6.05. The van der Waals surface area contributed by atoms with Crippen LogP contribution in [-0.2, 0) is 4.74 Å². The minimum Gasteiger partial charge on any atom is -0.491 e. The van der Waals surface area contributed by atoms with Gasteiger partial charge in [-0.2, -0.15) is 0 Å². The zero-order valence-corrected chi connectivity index (χ0v) is 14.5. The smallest absolute Gasteiger partial charge is 0.407 e. The van der Waals surface area contributed by atoms with Gasteiger partial charge < -0.3 is 14.8 Å². The summed E-state index contributed by atoms with van der Waals surface area (Å²) < 4.78 is 23.0. The fourth-order valence-electron chi connectivity index (χ4n) is 2.47. The predicted molar refractivity (Wildman–Crippen MR) is 88.0 cm³/mol. The Hall–Kier alpha value is -1.49. The monoisotopic (exact) mass is 343 g/mol. The first-order chi connectivity index (χ1) is 10.8. The summed E-state index contributed by atoms with van der Waals surface area (Å²) in [4.78, 5) is 11.7. The number of carbonyl (C=O) groups excluding carboxylic acids is 1. The van der Waals surface area contributed by atoms with Crippen molar-refractivity contribution in [1.29, 1.82) is 0 Å². The van der Waals surface area contributed by atoms with E-state index >= 15 is 0 Å². The quantitative estimate of drug-likeness (QED) is 0.837. The largest absolute Gasteiger partial charge is 0.491 e. The third-order valence-corrected chi connectivity index (χ3v) is 3.77. The molecule has 1 saturated carbocycles. The number of nitrogens with one attached hydrogen (secondary N) is 1. The Morgan fingerprint density at radius 3 is 2.83 bits per heavy atom. The van der Waals surface area contributed by atoms with Gasteiger partial charge in [0.25, 0.3) is 0 Å². The fourth-order valence-corrected chi connectivity index (χ4v) is 2.65. The van der Waals surface area contributed by atoms with Crippen molar-refractivity contribution in [3.8, 4) is 5.75 Å². The molecule has 128 valence electrons. The van der Waals surface area contributed by atoms with Crippen LogP contribution in [0.5, 0.6) is 5.75 Å². The molecule has 0 heterocycles. The van der Waals surface area contributed by atoms with Crippen LogP contribution in [0.1, 0.15) is 38.7 Å². The number of ether oxygens (including phenoxy) is 2. The molecule has 0 spiro atoms. The van der Waals surface area contributed by atoms with E-state index in [-0.39, 0.29) is 12.5 Å². The van der Waals surface area contributed by atoms with Gasteiger partial charge in [-0.25, -0.2) is 9.18 Å². The van der Waals surface area contributed by atoms with Gasteiger partial charge in [-0.05, 0) is 62.8 Å². The first kappa shape index (κ1) is 17.9. The van der Waals surface area contributed by atoms with Crippen molar-refractivity contribution in [3.63, 3.8) is 0 Å². The maximum absolute atomic E-state index is 12.3. The van der Waals surface area contributed by atoms with E-state index in [4.69, 9.17) is 21.1 Å². The molecular weight excluding hydrogens is 321 g/mol. The summed E-state index contributed by atoms with van der Waals surface area (Å²) in [7, 11) is 0. The molecule has 1 N–H and O–H groups in total. The number of hydrogen-bond donors (Lipinski definition) is 1. The van der Waals surface area contributed by atoms with Crippen molar-refractivity contribution in [2.75, 3.05) is 19.8 Å². The number of rotatable bonds is 6. The van der Waals surface area contributed by atoms with E-state index in [2.05, 4.69) is 5.32 Å². The Kier molecular flexibility index (Phi) is 5.74. The number of carbonyl (C=O) groups is 1. The molecule has 23 heavy (non-hydrogen) atoms. The number of halogens is 2. The van der Waals surface area contributed by atoms with E-state index in [1.165, 1.54) is 0 Å². The Balaban J connectivity index is 1.90. The highest BCUT2D eigenvalue weighted by Gasteiger charge is 2.40. The number of alkyl carbamates (subject to hydrolysis) is 1. The molecule has 2 atom stereocenters. The van der Waals surface area contributed by atoms with Gasteiger partial charge in [0.15, 0.2) is 0 Å². The molecule has 4 nitrogen and oxygen atoms in total. The standard InChI is InChI=1S/C17H23ClFNO3/c1-17(2,3)23-16(21)20-10-11-8-13(11)14-9-12(18)4-5-15(14)22-7-6-19/h4-5,9,11,13H,6-8,10H2,1-3H3,(H,20,21). The van der Waals surface area contributed by atoms with Crippen molar-refractivity contribution in [2.45, 2.75) is 38.7 Å². The highest BCUT2D eigenvalue weighted by atomic mass is 35.5. The Labute approximate surface area is 141 Å². The lowest BCUT2D eigenvalue weighted by molar-refractivity contribution is 0.0525. The minimum atomic E-state index is -0.531. The summed E-state index contributed by atoms with van der Waals surface area (Å²) in [6, 6.07) is 5.35. The summed E-state index contributed by atoms with van der Waals surface area (Å²) in [6.07, 6.45) is 0.519. The second-order valence-electron chi connectivity index (χ2n) is 6.70. The predicted octanol–water partition coefficient (Wildman–Crippen LogP) is 4.32. The lowest BCUT2D eigenvalue weighted by atomic mass is 10.1. The zero-order valence-electron chi connectivity index (χ0n) is 13.7. The Bertz CT molecular complexity index is 559. The maximum Gasteiger partial charge on any atom is 0.407 e. The van der Waals surface area contributed by atoms with Crippen LogP contribution in [0, 0.1) is 5.92 Å². The van der Waals surface area contributed by atoms with Crippen molar-refractivity contribution >= 4 is 17.7 Å². The average Bonchev–Trinajstić information content (AvgIpc) is 3.21. The molecule has 0 bridgehead atoms. The second-order valence-corrected chi connectivity index (χ2v) is 7.14. The molecule has 0 saturated heterocycles. The summed E-state index contributed by atoms with van der Waals surface area (Å²) in [5.74, 6) is 1.24. The molecular formula is C17H23ClFNO3. The third-order valence-electron chi connectivity index (χ3n) is 3.54. The molecule has 1 aromatic carbocycles. The van der Waals surface area contributed by atoms with Crippen LogP contribution in [0.3, 0.4) is 0 Å². The second kappa shape index (κ2) is 7.39. The van der Waals surface area contributed by atoms with Crippen molar-refractivity contribution < 1.29 is 18.7 Å². The minimum absolute atomic E-state index is 0.0299. The maximum atomic E-state index is 12.3. The first-order valence-corrected chi connectivity index (χ1v) is 8.13. The molecule has 0 aromatic heterocycles. The summed E-state index contributed by atoms with van der Waals surface area (Å²) in [5, 5.41) is 3.41. The normalized spacial score (nSPS) is 20.0. The van der Waals surface area contributed by atoms with Gasteiger partial charge >= 0.3 is 6.09 Å². The van der Waals surface area contributed by atoms with Gasteiger partial charge in [0.1, 0.15) is 24.6 Å². The molecule has 2 rings (SSSR count). The van der Waals surface area contributed by atoms with Crippen LogP contribution < -0.4 is 10.1 Å². The topological polar surface area (TPSA) is 47.6 Å². The molecule has 1 aromatic rings. The molecule has 1 amide bonds. The fraction of sp³-hybridized carbons (Fsp3) is 0.588. The van der Waals surface area contributed by atoms with Gasteiger partial charge in [-0.1, -0.05) is 11.6 Å². The van der Waals surface area contributed by atoms with Crippen molar-refractivity contribution in [2.24, 2.45) is 5.92 Å². The van der Waals surface area contributed by atoms with Crippen LogP contribution >= 0.6 is 11.6 Å². The van der Waals surface area contributed by atoms with E-state index in [9.17, 15) is 9.18 Å². The van der Waals surface area contributed by atoms with Crippen molar-refractivity contribution in [1.82, 2.24) is 5.32 Å². The van der Waals surface area contributed by atoms with Gasteiger partial charge in [-0.15, -0.1) is 0 Å². The van der Waals surface area contributed by atoms with E-state index in [0.29, 0.717) is 23.2 Å². The Morgan fingerprint density at radius 1 is 1.43 bits per heavy atom. The SMILES string of the molecule is CC(C)(C)OC(=O)NCC1CC1c1cc(Cl)ccc1OCCF. The Morgan fingerprint density at radius 2 is 2.17 bits per heavy atom. The van der Waals surface area contributed by atoms with E-state index in [1.54, 1.807) is 12.1 Å². The molecule has 6 heteroatoms. The first-order valence-electron chi connectivity index (χ1n) is 7.75. The molecule has 1 aliphatic rings. The average molecular weight is 344 g/mol. The number of alkyl halides is 1. The highest BCUT2D eigenvalue weighted by Crippen LogP contribution is 2.50. The van der Waals surface area contributed by atoms with Crippen LogP contribution in [0.25, 0.3) is 0 Å². The molecule has 1 fully saturated rings. The van der Waals surface area contributed by atoms with Gasteiger partial charge in [0.05, 0.1) is 0 Å². The number of hydrogen-bond acceptors (Lipinski definition) is 3. The van der Waals surface area contributed by atoms with E-state index in [0.717, 1.165) is 12.0 Å². The van der Waals surface area contributed by atoms with Gasteiger partial charge in [-0.3, -0.25) is 0 Å². The molecule has 0 radical (unpaired) electrons. The zero-order chi connectivity index (χ0) is 17.0. The van der Waals surface area contributed by atoms with E-state index in [1.807, 2.05) is 26.8 Å². The molecule has 1 aliphatic carbocycles. The molecule has 0 aliphatic heterocycles. The van der Waals surface area contributed by atoms with Gasteiger partial charge in [0.2, 0.25) is 0 Å². The number of benzene rings is 1. The highest BCUT2D eigenvalue weighted by molar-refractivity contribution is 6.30. The molecule has 2 unspecified atom stereocenters.